The summed E-state index contributed by atoms with van der Waals surface area (Å²) >= 11 is 3.41. The highest BCUT2D eigenvalue weighted by molar-refractivity contribution is 9.10. The number of likely N-dealkylation sites (tertiary alicyclic amines) is 1. The van der Waals surface area contributed by atoms with Gasteiger partial charge in [0.2, 0.25) is 6.10 Å². The molecule has 5 heteroatoms. The minimum absolute atomic E-state index is 0.0000637. The van der Waals surface area contributed by atoms with E-state index < -0.39 is 6.10 Å². The van der Waals surface area contributed by atoms with Gasteiger partial charge in [-0.3, -0.25) is 4.79 Å². The van der Waals surface area contributed by atoms with Gasteiger partial charge in [0.1, 0.15) is 5.75 Å². The van der Waals surface area contributed by atoms with Crippen LogP contribution in [0, 0.1) is 5.92 Å². The summed E-state index contributed by atoms with van der Waals surface area (Å²) < 4.78 is 7.03. The van der Waals surface area contributed by atoms with Crippen LogP contribution >= 0.6 is 15.9 Å². The molecule has 1 amide bonds. The third-order valence-corrected chi connectivity index (χ3v) is 4.85. The normalized spacial score (nSPS) is 18.4. The summed E-state index contributed by atoms with van der Waals surface area (Å²) in [6, 6.07) is 17.2. The number of ether oxygens (including phenoxy) is 1. The van der Waals surface area contributed by atoms with Gasteiger partial charge in [-0.05, 0) is 43.1 Å². The number of carbonyl (C=O) groups excluding carboxylic acids is 1. The Morgan fingerprint density at radius 3 is 2.54 bits per heavy atom. The molecule has 2 unspecified atom stereocenters. The molecule has 4 nitrogen and oxygen atoms in total. The first-order valence-electron chi connectivity index (χ1n) is 8.13. The SMILES string of the molecule is NCC1CCN(C(=O)C(Oc2ccc(Br)cc2)c2ccccc2)C1. The molecule has 1 heterocycles. The van der Waals surface area contributed by atoms with E-state index in [0.717, 1.165) is 23.0 Å². The van der Waals surface area contributed by atoms with Crippen LogP contribution in [0.4, 0.5) is 0 Å². The highest BCUT2D eigenvalue weighted by Crippen LogP contribution is 2.27. The number of amides is 1. The summed E-state index contributed by atoms with van der Waals surface area (Å²) in [4.78, 5) is 14.9. The van der Waals surface area contributed by atoms with Crippen LogP contribution in [0.15, 0.2) is 59.1 Å². The molecule has 0 aromatic heterocycles. The standard InChI is InChI=1S/C19H21BrN2O2/c20-16-6-8-17(9-7-16)24-18(15-4-2-1-3-5-15)19(23)22-11-10-14(12-21)13-22/h1-9,14,18H,10-13,21H2. The fourth-order valence-electron chi connectivity index (χ4n) is 2.93. The lowest BCUT2D eigenvalue weighted by Gasteiger charge is -2.25. The molecule has 1 aliphatic rings. The van der Waals surface area contributed by atoms with Gasteiger partial charge < -0.3 is 15.4 Å². The molecular formula is C19H21BrN2O2. The largest absolute Gasteiger partial charge is 0.476 e. The van der Waals surface area contributed by atoms with Crippen LogP contribution in [0.25, 0.3) is 0 Å². The van der Waals surface area contributed by atoms with Crippen LogP contribution in [0.3, 0.4) is 0 Å². The van der Waals surface area contributed by atoms with Crippen LogP contribution in [0.2, 0.25) is 0 Å². The monoisotopic (exact) mass is 388 g/mol. The Morgan fingerprint density at radius 1 is 1.21 bits per heavy atom. The third-order valence-electron chi connectivity index (χ3n) is 4.33. The van der Waals surface area contributed by atoms with Crippen molar-refractivity contribution in [2.24, 2.45) is 11.7 Å². The number of hydrogen-bond acceptors (Lipinski definition) is 3. The molecule has 2 aromatic carbocycles. The molecule has 2 N–H and O–H groups in total. The van der Waals surface area contributed by atoms with Crippen molar-refractivity contribution in [2.45, 2.75) is 12.5 Å². The minimum atomic E-state index is -0.635. The number of benzene rings is 2. The molecule has 1 aliphatic heterocycles. The first-order valence-corrected chi connectivity index (χ1v) is 8.92. The average Bonchev–Trinajstić information content (AvgIpc) is 3.11. The van der Waals surface area contributed by atoms with Gasteiger partial charge in [0, 0.05) is 23.1 Å². The van der Waals surface area contributed by atoms with Gasteiger partial charge in [-0.15, -0.1) is 0 Å². The first-order chi connectivity index (χ1) is 11.7. The molecule has 1 saturated heterocycles. The van der Waals surface area contributed by atoms with E-state index in [-0.39, 0.29) is 5.91 Å². The Kier molecular flexibility index (Phi) is 5.53. The van der Waals surface area contributed by atoms with Gasteiger partial charge in [0.05, 0.1) is 0 Å². The van der Waals surface area contributed by atoms with Crippen molar-refractivity contribution in [3.8, 4) is 5.75 Å². The van der Waals surface area contributed by atoms with Gasteiger partial charge in [-0.25, -0.2) is 0 Å². The molecule has 0 radical (unpaired) electrons. The zero-order valence-corrected chi connectivity index (χ0v) is 15.0. The quantitative estimate of drug-likeness (QED) is 0.853. The van der Waals surface area contributed by atoms with Crippen LogP contribution < -0.4 is 10.5 Å². The number of nitrogens with zero attached hydrogens (tertiary/aromatic N) is 1. The van der Waals surface area contributed by atoms with Crippen molar-refractivity contribution in [2.75, 3.05) is 19.6 Å². The molecule has 0 saturated carbocycles. The fourth-order valence-corrected chi connectivity index (χ4v) is 3.19. The van der Waals surface area contributed by atoms with Gasteiger partial charge in [0.15, 0.2) is 0 Å². The highest BCUT2D eigenvalue weighted by Gasteiger charge is 2.32. The zero-order valence-electron chi connectivity index (χ0n) is 13.4. The number of nitrogens with two attached hydrogens (primary N) is 1. The van der Waals surface area contributed by atoms with E-state index in [2.05, 4.69) is 15.9 Å². The summed E-state index contributed by atoms with van der Waals surface area (Å²) in [5.74, 6) is 1.06. The van der Waals surface area contributed by atoms with E-state index in [4.69, 9.17) is 10.5 Å². The Labute approximate surface area is 150 Å². The van der Waals surface area contributed by atoms with E-state index in [1.165, 1.54) is 0 Å². The lowest BCUT2D eigenvalue weighted by Crippen LogP contribution is -2.36. The van der Waals surface area contributed by atoms with Gasteiger partial charge in [0.25, 0.3) is 5.91 Å². The lowest BCUT2D eigenvalue weighted by atomic mass is 10.1. The molecular weight excluding hydrogens is 368 g/mol. The van der Waals surface area contributed by atoms with Crippen LogP contribution in [0.1, 0.15) is 18.1 Å². The number of carbonyl (C=O) groups is 1. The third kappa shape index (κ3) is 3.97. The molecule has 0 spiro atoms. The molecule has 3 rings (SSSR count). The van der Waals surface area contributed by atoms with Crippen LogP contribution in [-0.2, 0) is 4.79 Å². The Bertz CT molecular complexity index is 676. The van der Waals surface area contributed by atoms with E-state index >= 15 is 0 Å². The average molecular weight is 389 g/mol. The second-order valence-electron chi connectivity index (χ2n) is 6.04. The van der Waals surface area contributed by atoms with Crippen molar-refractivity contribution in [1.29, 1.82) is 0 Å². The summed E-state index contributed by atoms with van der Waals surface area (Å²) in [6.45, 7) is 2.07. The molecule has 2 aromatic rings. The van der Waals surface area contributed by atoms with E-state index in [0.29, 0.717) is 24.8 Å². The summed E-state index contributed by atoms with van der Waals surface area (Å²) in [7, 11) is 0. The van der Waals surface area contributed by atoms with Crippen molar-refractivity contribution in [3.05, 3.63) is 64.6 Å². The Morgan fingerprint density at radius 2 is 1.92 bits per heavy atom. The summed E-state index contributed by atoms with van der Waals surface area (Å²) in [5, 5.41) is 0. The van der Waals surface area contributed by atoms with Gasteiger partial charge in [-0.1, -0.05) is 46.3 Å². The van der Waals surface area contributed by atoms with Gasteiger partial charge in [-0.2, -0.15) is 0 Å². The first kappa shape index (κ1) is 17.0. The van der Waals surface area contributed by atoms with Gasteiger partial charge >= 0.3 is 0 Å². The molecule has 24 heavy (non-hydrogen) atoms. The number of halogens is 1. The summed E-state index contributed by atoms with van der Waals surface area (Å²) in [6.07, 6.45) is 0.325. The Balaban J connectivity index is 1.82. The predicted octanol–water partition coefficient (Wildman–Crippen LogP) is 3.38. The van der Waals surface area contributed by atoms with Crippen LogP contribution in [-0.4, -0.2) is 30.4 Å². The highest BCUT2D eigenvalue weighted by atomic mass is 79.9. The maximum Gasteiger partial charge on any atom is 0.268 e. The van der Waals surface area contributed by atoms with Crippen molar-refractivity contribution in [3.63, 3.8) is 0 Å². The predicted molar refractivity (Wildman–Crippen MR) is 97.7 cm³/mol. The summed E-state index contributed by atoms with van der Waals surface area (Å²) in [5.41, 5.74) is 6.61. The van der Waals surface area contributed by atoms with E-state index in [1.807, 2.05) is 59.5 Å². The number of hydrogen-bond donors (Lipinski definition) is 1. The molecule has 1 fully saturated rings. The second-order valence-corrected chi connectivity index (χ2v) is 6.95. The molecule has 0 bridgehead atoms. The van der Waals surface area contributed by atoms with E-state index in [9.17, 15) is 4.79 Å². The second kappa shape index (κ2) is 7.81. The lowest BCUT2D eigenvalue weighted by molar-refractivity contribution is -0.138. The minimum Gasteiger partial charge on any atom is -0.476 e. The molecule has 2 atom stereocenters. The number of rotatable bonds is 5. The fraction of sp³-hybridized carbons (Fsp3) is 0.316. The molecule has 126 valence electrons. The maximum atomic E-state index is 13.0. The zero-order chi connectivity index (χ0) is 16.9. The van der Waals surface area contributed by atoms with Crippen LogP contribution in [0.5, 0.6) is 5.75 Å². The smallest absolute Gasteiger partial charge is 0.268 e. The topological polar surface area (TPSA) is 55.6 Å². The van der Waals surface area contributed by atoms with Crippen molar-refractivity contribution >= 4 is 21.8 Å². The van der Waals surface area contributed by atoms with E-state index in [1.54, 1.807) is 0 Å². The van der Waals surface area contributed by atoms with Crippen molar-refractivity contribution < 1.29 is 9.53 Å². The molecule has 0 aliphatic carbocycles. The van der Waals surface area contributed by atoms with Crippen molar-refractivity contribution in [1.82, 2.24) is 4.90 Å². The Hall–Kier alpha value is -1.85. The maximum absolute atomic E-state index is 13.0.